The second-order valence-electron chi connectivity index (χ2n) is 4.96. The predicted octanol–water partition coefficient (Wildman–Crippen LogP) is 4.28. The number of esters is 1. The number of amides is 1. The van der Waals surface area contributed by atoms with Gasteiger partial charge in [0.25, 0.3) is 5.91 Å². The minimum atomic E-state index is -1.09. The fraction of sp³-hybridized carbons (Fsp3) is 0.176. The molecule has 2 aromatic carbocycles. The lowest BCUT2D eigenvalue weighted by Crippen LogP contribution is -2.30. The molecule has 0 aromatic heterocycles. The van der Waals surface area contributed by atoms with E-state index in [2.05, 4.69) is 5.32 Å². The number of ether oxygens (including phenoxy) is 1. The monoisotopic (exact) mass is 385 g/mol. The van der Waals surface area contributed by atoms with Crippen LogP contribution in [-0.2, 0) is 14.3 Å². The van der Waals surface area contributed by atoms with Crippen LogP contribution in [-0.4, -0.2) is 23.7 Å². The smallest absolute Gasteiger partial charge is 0.317 e. The van der Waals surface area contributed by atoms with E-state index in [9.17, 15) is 18.4 Å². The van der Waals surface area contributed by atoms with Crippen LogP contribution in [0.15, 0.2) is 47.4 Å². The van der Waals surface area contributed by atoms with Crippen molar-refractivity contribution in [3.8, 4) is 0 Å². The second-order valence-corrected chi connectivity index (χ2v) is 6.39. The van der Waals surface area contributed by atoms with Gasteiger partial charge in [0.05, 0.1) is 16.5 Å². The summed E-state index contributed by atoms with van der Waals surface area (Å²) < 4.78 is 31.4. The molecule has 2 aromatic rings. The Morgan fingerprint density at radius 1 is 1.24 bits per heavy atom. The molecule has 0 bridgehead atoms. The van der Waals surface area contributed by atoms with Gasteiger partial charge in [-0.2, -0.15) is 0 Å². The van der Waals surface area contributed by atoms with E-state index in [1.165, 1.54) is 19.1 Å². The SMILES string of the molecule is C[C@H](OC(=O)CSc1ccccc1F)C(=O)Nc1ccc(F)cc1Cl. The third kappa shape index (κ3) is 5.72. The first kappa shape index (κ1) is 19.2. The van der Waals surface area contributed by atoms with E-state index in [0.29, 0.717) is 4.90 Å². The van der Waals surface area contributed by atoms with Crippen LogP contribution in [0.3, 0.4) is 0 Å². The predicted molar refractivity (Wildman–Crippen MR) is 92.7 cm³/mol. The number of thioether (sulfide) groups is 1. The van der Waals surface area contributed by atoms with Crippen molar-refractivity contribution >= 4 is 40.9 Å². The highest BCUT2D eigenvalue weighted by atomic mass is 35.5. The lowest BCUT2D eigenvalue weighted by molar-refractivity contribution is -0.150. The van der Waals surface area contributed by atoms with E-state index in [1.807, 2.05) is 0 Å². The Hall–Kier alpha value is -2.12. The van der Waals surface area contributed by atoms with Crippen molar-refractivity contribution < 1.29 is 23.1 Å². The molecule has 1 N–H and O–H groups in total. The van der Waals surface area contributed by atoms with Gasteiger partial charge >= 0.3 is 5.97 Å². The second kappa shape index (κ2) is 8.82. The summed E-state index contributed by atoms with van der Waals surface area (Å²) in [5.74, 6) is -2.39. The number of rotatable bonds is 6. The van der Waals surface area contributed by atoms with E-state index in [4.69, 9.17) is 16.3 Å². The van der Waals surface area contributed by atoms with Gasteiger partial charge in [0, 0.05) is 4.90 Å². The molecule has 0 unspecified atom stereocenters. The molecular formula is C17H14ClF2NO3S. The quantitative estimate of drug-likeness (QED) is 0.595. The van der Waals surface area contributed by atoms with Crippen molar-refractivity contribution in [2.24, 2.45) is 0 Å². The van der Waals surface area contributed by atoms with Gasteiger partial charge in [0.2, 0.25) is 0 Å². The summed E-state index contributed by atoms with van der Waals surface area (Å²) in [6.45, 7) is 1.39. The molecule has 132 valence electrons. The molecular weight excluding hydrogens is 372 g/mol. The molecule has 0 radical (unpaired) electrons. The molecule has 0 spiro atoms. The molecule has 0 fully saturated rings. The number of benzene rings is 2. The zero-order valence-electron chi connectivity index (χ0n) is 13.1. The van der Waals surface area contributed by atoms with E-state index < -0.39 is 29.6 Å². The van der Waals surface area contributed by atoms with Gasteiger partial charge in [-0.15, -0.1) is 11.8 Å². The van der Waals surface area contributed by atoms with Crippen molar-refractivity contribution in [1.29, 1.82) is 0 Å². The Kier molecular flexibility index (Phi) is 6.78. The van der Waals surface area contributed by atoms with Crippen molar-refractivity contribution in [3.63, 3.8) is 0 Å². The van der Waals surface area contributed by atoms with Gasteiger partial charge in [0.1, 0.15) is 11.6 Å². The van der Waals surface area contributed by atoms with E-state index in [1.54, 1.807) is 18.2 Å². The highest BCUT2D eigenvalue weighted by Crippen LogP contribution is 2.23. The molecule has 0 saturated heterocycles. The number of hydrogen-bond acceptors (Lipinski definition) is 4. The fourth-order valence-corrected chi connectivity index (χ4v) is 2.74. The van der Waals surface area contributed by atoms with Crippen LogP contribution in [0, 0.1) is 11.6 Å². The van der Waals surface area contributed by atoms with Crippen LogP contribution < -0.4 is 5.32 Å². The summed E-state index contributed by atoms with van der Waals surface area (Å²) >= 11 is 6.79. The third-order valence-corrected chi connectivity index (χ3v) is 4.38. The average Bonchev–Trinajstić information content (AvgIpc) is 2.56. The Bertz CT molecular complexity index is 788. The number of hydrogen-bond donors (Lipinski definition) is 1. The molecule has 0 aliphatic heterocycles. The van der Waals surface area contributed by atoms with Crippen molar-refractivity contribution in [3.05, 3.63) is 59.1 Å². The summed E-state index contributed by atoms with van der Waals surface area (Å²) in [6, 6.07) is 9.53. The lowest BCUT2D eigenvalue weighted by atomic mass is 10.3. The number of halogens is 3. The number of carbonyl (C=O) groups excluding carboxylic acids is 2. The van der Waals surface area contributed by atoms with Crippen molar-refractivity contribution in [1.82, 2.24) is 0 Å². The molecule has 25 heavy (non-hydrogen) atoms. The van der Waals surface area contributed by atoms with Crippen LogP contribution in [0.1, 0.15) is 6.92 Å². The Labute approximate surface area is 152 Å². The Morgan fingerprint density at radius 2 is 1.96 bits per heavy atom. The standard InChI is InChI=1S/C17H14ClF2NO3S/c1-10(17(23)21-14-7-6-11(19)8-12(14)18)24-16(22)9-25-15-5-3-2-4-13(15)20/h2-8,10H,9H2,1H3,(H,21,23)/t10-/m0/s1. The van der Waals surface area contributed by atoms with Gasteiger partial charge in [-0.05, 0) is 37.3 Å². The molecule has 0 aliphatic carbocycles. The summed E-state index contributed by atoms with van der Waals surface area (Å²) in [5.41, 5.74) is 0.205. The van der Waals surface area contributed by atoms with Crippen molar-refractivity contribution in [2.45, 2.75) is 17.9 Å². The van der Waals surface area contributed by atoms with E-state index in [-0.39, 0.29) is 16.5 Å². The topological polar surface area (TPSA) is 55.4 Å². The average molecular weight is 386 g/mol. The molecule has 1 amide bonds. The summed E-state index contributed by atoms with van der Waals surface area (Å²) in [7, 11) is 0. The zero-order chi connectivity index (χ0) is 18.4. The first-order chi connectivity index (χ1) is 11.9. The molecule has 4 nitrogen and oxygen atoms in total. The molecule has 1 atom stereocenters. The largest absolute Gasteiger partial charge is 0.452 e. The maximum absolute atomic E-state index is 13.5. The number of anilines is 1. The molecule has 0 aliphatic rings. The van der Waals surface area contributed by atoms with Gasteiger partial charge in [-0.3, -0.25) is 9.59 Å². The summed E-state index contributed by atoms with van der Waals surface area (Å²) in [5, 5.41) is 2.47. The number of carbonyl (C=O) groups is 2. The first-order valence-electron chi connectivity index (χ1n) is 7.19. The van der Waals surface area contributed by atoms with Gasteiger partial charge < -0.3 is 10.1 Å². The summed E-state index contributed by atoms with van der Waals surface area (Å²) in [4.78, 5) is 24.1. The number of nitrogens with one attached hydrogen (secondary N) is 1. The normalized spacial score (nSPS) is 11.7. The van der Waals surface area contributed by atoms with Crippen LogP contribution in [0.5, 0.6) is 0 Å². The van der Waals surface area contributed by atoms with Crippen LogP contribution in [0.2, 0.25) is 5.02 Å². The maximum Gasteiger partial charge on any atom is 0.317 e. The molecule has 0 saturated carbocycles. The van der Waals surface area contributed by atoms with Gasteiger partial charge in [0.15, 0.2) is 6.10 Å². The minimum Gasteiger partial charge on any atom is -0.452 e. The fourth-order valence-electron chi connectivity index (χ4n) is 1.81. The highest BCUT2D eigenvalue weighted by Gasteiger charge is 2.19. The van der Waals surface area contributed by atoms with E-state index >= 15 is 0 Å². The summed E-state index contributed by atoms with van der Waals surface area (Å²) in [6.07, 6.45) is -1.09. The molecule has 8 heteroatoms. The Balaban J connectivity index is 1.85. The van der Waals surface area contributed by atoms with E-state index in [0.717, 1.165) is 23.9 Å². The zero-order valence-corrected chi connectivity index (χ0v) is 14.7. The third-order valence-electron chi connectivity index (χ3n) is 3.05. The van der Waals surface area contributed by atoms with Crippen LogP contribution >= 0.6 is 23.4 Å². The molecule has 0 heterocycles. The molecule has 2 rings (SSSR count). The van der Waals surface area contributed by atoms with Crippen LogP contribution in [0.4, 0.5) is 14.5 Å². The van der Waals surface area contributed by atoms with Crippen molar-refractivity contribution in [2.75, 3.05) is 11.1 Å². The lowest BCUT2D eigenvalue weighted by Gasteiger charge is -2.14. The maximum atomic E-state index is 13.5. The van der Waals surface area contributed by atoms with Crippen LogP contribution in [0.25, 0.3) is 0 Å². The Morgan fingerprint density at radius 3 is 2.64 bits per heavy atom. The first-order valence-corrected chi connectivity index (χ1v) is 8.56. The van der Waals surface area contributed by atoms with Gasteiger partial charge in [-0.25, -0.2) is 8.78 Å². The van der Waals surface area contributed by atoms with Gasteiger partial charge in [-0.1, -0.05) is 23.7 Å². The highest BCUT2D eigenvalue weighted by molar-refractivity contribution is 8.00. The minimum absolute atomic E-state index is 0.0296.